The van der Waals surface area contributed by atoms with E-state index < -0.39 is 0 Å². The summed E-state index contributed by atoms with van der Waals surface area (Å²) in [5, 5.41) is 0.941. The summed E-state index contributed by atoms with van der Waals surface area (Å²) in [6.45, 7) is 1.33. The minimum absolute atomic E-state index is 0.0426. The molecule has 3 nitrogen and oxygen atoms in total. The standard InChI is InChI=1S/C13H14Cl2N2O/c14-11-3-1-2-9(13(11)15)4-5-12(18)17-7-6-10(16)8-17/h1-5,10H,6-8,16H2/b5-4+/t10-/m0/s1. The van der Waals surface area contributed by atoms with Crippen LogP contribution in [0, 0.1) is 0 Å². The Morgan fingerprint density at radius 1 is 1.44 bits per heavy atom. The molecule has 96 valence electrons. The van der Waals surface area contributed by atoms with Crippen LogP contribution in [0.2, 0.25) is 10.0 Å². The van der Waals surface area contributed by atoms with Crippen molar-refractivity contribution in [1.29, 1.82) is 0 Å². The number of nitrogens with zero attached hydrogens (tertiary/aromatic N) is 1. The second-order valence-electron chi connectivity index (χ2n) is 4.31. The molecule has 1 aliphatic rings. The van der Waals surface area contributed by atoms with Crippen LogP contribution in [-0.4, -0.2) is 29.9 Å². The van der Waals surface area contributed by atoms with E-state index in [0.717, 1.165) is 12.0 Å². The van der Waals surface area contributed by atoms with E-state index in [1.54, 1.807) is 23.1 Å². The van der Waals surface area contributed by atoms with Gasteiger partial charge >= 0.3 is 0 Å². The first-order chi connectivity index (χ1) is 8.58. The smallest absolute Gasteiger partial charge is 0.246 e. The maximum Gasteiger partial charge on any atom is 0.246 e. The van der Waals surface area contributed by atoms with Crippen molar-refractivity contribution in [3.8, 4) is 0 Å². The van der Waals surface area contributed by atoms with E-state index in [0.29, 0.717) is 23.1 Å². The van der Waals surface area contributed by atoms with Crippen molar-refractivity contribution in [2.24, 2.45) is 5.73 Å². The van der Waals surface area contributed by atoms with Crippen molar-refractivity contribution >= 4 is 35.2 Å². The zero-order valence-corrected chi connectivity index (χ0v) is 11.3. The third-order valence-corrected chi connectivity index (χ3v) is 3.76. The zero-order valence-electron chi connectivity index (χ0n) is 9.77. The summed E-state index contributed by atoms with van der Waals surface area (Å²) in [4.78, 5) is 13.6. The van der Waals surface area contributed by atoms with Crippen LogP contribution in [0.5, 0.6) is 0 Å². The van der Waals surface area contributed by atoms with Crippen LogP contribution in [0.3, 0.4) is 0 Å². The predicted octanol–water partition coefficient (Wildman–Crippen LogP) is 2.57. The number of nitrogens with two attached hydrogens (primary N) is 1. The highest BCUT2D eigenvalue weighted by molar-refractivity contribution is 6.42. The molecule has 1 aromatic carbocycles. The predicted molar refractivity (Wildman–Crippen MR) is 74.7 cm³/mol. The molecule has 1 atom stereocenters. The highest BCUT2D eigenvalue weighted by atomic mass is 35.5. The lowest BCUT2D eigenvalue weighted by Crippen LogP contribution is -2.30. The van der Waals surface area contributed by atoms with Gasteiger partial charge in [-0.2, -0.15) is 0 Å². The van der Waals surface area contributed by atoms with Gasteiger partial charge in [0, 0.05) is 25.2 Å². The number of benzene rings is 1. The first-order valence-corrected chi connectivity index (χ1v) is 6.50. The Bertz CT molecular complexity index is 488. The third-order valence-electron chi connectivity index (χ3n) is 2.92. The Labute approximate surface area is 116 Å². The van der Waals surface area contributed by atoms with E-state index in [4.69, 9.17) is 28.9 Å². The van der Waals surface area contributed by atoms with Gasteiger partial charge in [-0.15, -0.1) is 0 Å². The third kappa shape index (κ3) is 3.05. The number of hydrogen-bond acceptors (Lipinski definition) is 2. The summed E-state index contributed by atoms with van der Waals surface area (Å²) in [6.07, 6.45) is 4.05. The van der Waals surface area contributed by atoms with Gasteiger partial charge in [-0.1, -0.05) is 35.3 Å². The number of likely N-dealkylation sites (tertiary alicyclic amines) is 1. The number of hydrogen-bond donors (Lipinski definition) is 1. The number of halogens is 2. The summed E-state index contributed by atoms with van der Waals surface area (Å²) in [7, 11) is 0. The summed E-state index contributed by atoms with van der Waals surface area (Å²) in [6, 6.07) is 5.41. The van der Waals surface area contributed by atoms with Crippen LogP contribution in [0.4, 0.5) is 0 Å². The number of rotatable bonds is 2. The first-order valence-electron chi connectivity index (χ1n) is 5.74. The first kappa shape index (κ1) is 13.4. The average Bonchev–Trinajstić information content (AvgIpc) is 2.77. The summed E-state index contributed by atoms with van der Waals surface area (Å²) < 4.78 is 0. The topological polar surface area (TPSA) is 46.3 Å². The second kappa shape index (κ2) is 5.74. The molecular weight excluding hydrogens is 271 g/mol. The zero-order chi connectivity index (χ0) is 13.1. The number of carbonyl (C=O) groups excluding carboxylic acids is 1. The molecule has 0 aromatic heterocycles. The quantitative estimate of drug-likeness (QED) is 0.849. The fourth-order valence-corrected chi connectivity index (χ4v) is 2.27. The molecule has 1 aliphatic heterocycles. The Hall–Kier alpha value is -1.03. The van der Waals surface area contributed by atoms with Gasteiger partial charge in [0.25, 0.3) is 0 Å². The molecule has 0 unspecified atom stereocenters. The molecule has 5 heteroatoms. The van der Waals surface area contributed by atoms with Gasteiger partial charge in [0.15, 0.2) is 0 Å². The Balaban J connectivity index is 2.06. The van der Waals surface area contributed by atoms with Gasteiger partial charge in [-0.3, -0.25) is 4.79 Å². The molecule has 0 bridgehead atoms. The van der Waals surface area contributed by atoms with Crippen molar-refractivity contribution in [3.63, 3.8) is 0 Å². The van der Waals surface area contributed by atoms with Crippen LogP contribution >= 0.6 is 23.2 Å². The fourth-order valence-electron chi connectivity index (χ4n) is 1.90. The summed E-state index contributed by atoms with van der Waals surface area (Å²) in [5.41, 5.74) is 6.49. The number of carbonyl (C=O) groups is 1. The molecule has 0 saturated carbocycles. The molecule has 1 aromatic rings. The van der Waals surface area contributed by atoms with Gasteiger partial charge in [0.1, 0.15) is 0 Å². The van der Waals surface area contributed by atoms with Crippen LogP contribution in [0.25, 0.3) is 6.08 Å². The van der Waals surface area contributed by atoms with E-state index in [9.17, 15) is 4.79 Å². The Kier molecular flexibility index (Phi) is 4.27. The van der Waals surface area contributed by atoms with Crippen LogP contribution in [-0.2, 0) is 4.79 Å². The van der Waals surface area contributed by atoms with Crippen LogP contribution in [0.1, 0.15) is 12.0 Å². The van der Waals surface area contributed by atoms with E-state index in [-0.39, 0.29) is 11.9 Å². The maximum absolute atomic E-state index is 11.9. The lowest BCUT2D eigenvalue weighted by Gasteiger charge is -2.12. The molecule has 2 N–H and O–H groups in total. The highest BCUT2D eigenvalue weighted by Gasteiger charge is 2.21. The van der Waals surface area contributed by atoms with Gasteiger partial charge in [-0.25, -0.2) is 0 Å². The number of amides is 1. The molecule has 0 spiro atoms. The Morgan fingerprint density at radius 2 is 2.22 bits per heavy atom. The molecule has 18 heavy (non-hydrogen) atoms. The molecule has 0 aliphatic carbocycles. The summed E-state index contributed by atoms with van der Waals surface area (Å²) in [5.74, 6) is -0.0426. The van der Waals surface area contributed by atoms with Crippen molar-refractivity contribution in [3.05, 3.63) is 39.9 Å². The van der Waals surface area contributed by atoms with E-state index in [1.807, 2.05) is 6.07 Å². The van der Waals surface area contributed by atoms with Gasteiger partial charge < -0.3 is 10.6 Å². The minimum Gasteiger partial charge on any atom is -0.338 e. The minimum atomic E-state index is -0.0426. The van der Waals surface area contributed by atoms with Gasteiger partial charge in [0.2, 0.25) is 5.91 Å². The molecule has 1 amide bonds. The van der Waals surface area contributed by atoms with Crippen LogP contribution < -0.4 is 5.73 Å². The monoisotopic (exact) mass is 284 g/mol. The SMILES string of the molecule is N[C@H]1CCN(C(=O)/C=C/c2cccc(Cl)c2Cl)C1. The van der Waals surface area contributed by atoms with E-state index in [1.165, 1.54) is 6.08 Å². The lowest BCUT2D eigenvalue weighted by atomic mass is 10.2. The second-order valence-corrected chi connectivity index (χ2v) is 5.09. The van der Waals surface area contributed by atoms with Gasteiger partial charge in [0.05, 0.1) is 10.0 Å². The van der Waals surface area contributed by atoms with E-state index >= 15 is 0 Å². The average molecular weight is 285 g/mol. The lowest BCUT2D eigenvalue weighted by molar-refractivity contribution is -0.124. The van der Waals surface area contributed by atoms with Crippen molar-refractivity contribution in [1.82, 2.24) is 4.90 Å². The van der Waals surface area contributed by atoms with Crippen molar-refractivity contribution < 1.29 is 4.79 Å². The largest absolute Gasteiger partial charge is 0.338 e. The molecule has 1 saturated heterocycles. The molecule has 1 fully saturated rings. The summed E-state index contributed by atoms with van der Waals surface area (Å²) >= 11 is 11.9. The fraction of sp³-hybridized carbons (Fsp3) is 0.308. The molecular formula is C13H14Cl2N2O. The molecule has 2 rings (SSSR count). The van der Waals surface area contributed by atoms with Crippen LogP contribution in [0.15, 0.2) is 24.3 Å². The van der Waals surface area contributed by atoms with Gasteiger partial charge in [-0.05, 0) is 24.1 Å². The maximum atomic E-state index is 11.9. The van der Waals surface area contributed by atoms with Crippen molar-refractivity contribution in [2.75, 3.05) is 13.1 Å². The molecule has 0 radical (unpaired) electrons. The van der Waals surface area contributed by atoms with E-state index in [2.05, 4.69) is 0 Å². The van der Waals surface area contributed by atoms with Crippen molar-refractivity contribution in [2.45, 2.75) is 12.5 Å². The highest BCUT2D eigenvalue weighted by Crippen LogP contribution is 2.26. The molecule has 1 heterocycles. The Morgan fingerprint density at radius 3 is 2.89 bits per heavy atom. The normalized spacial score (nSPS) is 19.7.